The van der Waals surface area contributed by atoms with Gasteiger partial charge >= 0.3 is 5.97 Å². The number of furan rings is 1. The molecular formula is C22H18N2O3. The molecule has 0 amide bonds. The van der Waals surface area contributed by atoms with Crippen LogP contribution in [0.2, 0.25) is 0 Å². The Morgan fingerprint density at radius 1 is 1.00 bits per heavy atom. The van der Waals surface area contributed by atoms with Gasteiger partial charge in [0, 0.05) is 5.56 Å². The Labute approximate surface area is 156 Å². The highest BCUT2D eigenvalue weighted by atomic mass is 16.5. The van der Waals surface area contributed by atoms with E-state index in [9.17, 15) is 4.79 Å². The molecule has 134 valence electrons. The van der Waals surface area contributed by atoms with E-state index in [4.69, 9.17) is 14.3 Å². The fourth-order valence-electron chi connectivity index (χ4n) is 3.03. The molecule has 2 aromatic heterocycles. The molecule has 5 nitrogen and oxygen atoms in total. The van der Waals surface area contributed by atoms with Crippen molar-refractivity contribution in [3.8, 4) is 28.3 Å². The molecule has 0 aliphatic rings. The van der Waals surface area contributed by atoms with Crippen molar-refractivity contribution in [3.63, 3.8) is 0 Å². The Morgan fingerprint density at radius 3 is 2.33 bits per heavy atom. The molecule has 4 rings (SSSR count). The lowest BCUT2D eigenvalue weighted by Gasteiger charge is -2.09. The van der Waals surface area contributed by atoms with Crippen LogP contribution in [0.25, 0.3) is 28.3 Å². The summed E-state index contributed by atoms with van der Waals surface area (Å²) in [7, 11) is 0. The maximum absolute atomic E-state index is 12.9. The zero-order chi connectivity index (χ0) is 18.6. The topological polar surface area (TPSA) is 57.3 Å². The third-order valence-electron chi connectivity index (χ3n) is 4.17. The van der Waals surface area contributed by atoms with Gasteiger partial charge in [-0.1, -0.05) is 48.5 Å². The number of aromatic nitrogens is 2. The number of carbonyl (C=O) groups is 1. The molecule has 0 atom stereocenters. The second-order valence-electron chi connectivity index (χ2n) is 5.88. The van der Waals surface area contributed by atoms with Crippen molar-refractivity contribution in [2.24, 2.45) is 0 Å². The number of carbonyl (C=O) groups excluding carboxylic acids is 1. The number of para-hydroxylation sites is 1. The minimum atomic E-state index is -0.425. The summed E-state index contributed by atoms with van der Waals surface area (Å²) in [6.45, 7) is 2.07. The quantitative estimate of drug-likeness (QED) is 0.472. The van der Waals surface area contributed by atoms with Crippen molar-refractivity contribution in [2.75, 3.05) is 6.61 Å². The van der Waals surface area contributed by atoms with E-state index in [0.29, 0.717) is 22.7 Å². The van der Waals surface area contributed by atoms with Gasteiger partial charge in [-0.2, -0.15) is 5.10 Å². The largest absolute Gasteiger partial charge is 0.463 e. The lowest BCUT2D eigenvalue weighted by atomic mass is 10.0. The first-order valence-corrected chi connectivity index (χ1v) is 8.74. The third-order valence-corrected chi connectivity index (χ3v) is 4.17. The number of hydrogen-bond donors (Lipinski definition) is 0. The van der Waals surface area contributed by atoms with Crippen LogP contribution in [0, 0.1) is 0 Å². The van der Waals surface area contributed by atoms with Crippen molar-refractivity contribution >= 4 is 5.97 Å². The van der Waals surface area contributed by atoms with Crippen molar-refractivity contribution in [1.82, 2.24) is 9.78 Å². The van der Waals surface area contributed by atoms with Crippen LogP contribution in [0.1, 0.15) is 17.4 Å². The van der Waals surface area contributed by atoms with Crippen molar-refractivity contribution in [2.45, 2.75) is 6.92 Å². The lowest BCUT2D eigenvalue weighted by molar-refractivity contribution is 0.0516. The number of benzene rings is 2. The standard InChI is InChI=1S/C22H18N2O3/c1-2-26-22(25)21-19(16-10-5-3-6-11-16)20(18-14-9-15-27-18)23-24(21)17-12-7-4-8-13-17/h3-15H,2H2,1H3. The molecule has 0 aliphatic carbocycles. The zero-order valence-electron chi connectivity index (χ0n) is 14.8. The second-order valence-corrected chi connectivity index (χ2v) is 5.88. The predicted octanol–water partition coefficient (Wildman–Crippen LogP) is 4.98. The molecule has 5 heteroatoms. The van der Waals surface area contributed by atoms with Crippen LogP contribution in [-0.2, 0) is 4.74 Å². The molecule has 0 saturated heterocycles. The Kier molecular flexibility index (Phi) is 4.58. The van der Waals surface area contributed by atoms with Gasteiger partial charge in [0.1, 0.15) is 5.69 Å². The van der Waals surface area contributed by atoms with Gasteiger partial charge in [-0.3, -0.25) is 0 Å². The molecule has 2 aromatic carbocycles. The van der Waals surface area contributed by atoms with E-state index in [1.54, 1.807) is 23.9 Å². The van der Waals surface area contributed by atoms with Crippen molar-refractivity contribution in [1.29, 1.82) is 0 Å². The van der Waals surface area contributed by atoms with E-state index >= 15 is 0 Å². The van der Waals surface area contributed by atoms with Crippen molar-refractivity contribution in [3.05, 3.63) is 84.8 Å². The fourth-order valence-corrected chi connectivity index (χ4v) is 3.03. The summed E-state index contributed by atoms with van der Waals surface area (Å²) < 4.78 is 12.6. The summed E-state index contributed by atoms with van der Waals surface area (Å²) in [4.78, 5) is 12.9. The van der Waals surface area contributed by atoms with E-state index in [-0.39, 0.29) is 6.61 Å². The van der Waals surface area contributed by atoms with Crippen LogP contribution in [0.3, 0.4) is 0 Å². The highest BCUT2D eigenvalue weighted by molar-refractivity contribution is 6.00. The first-order valence-electron chi connectivity index (χ1n) is 8.74. The van der Waals surface area contributed by atoms with Gasteiger partial charge in [-0.15, -0.1) is 0 Å². The van der Waals surface area contributed by atoms with E-state index in [1.165, 1.54) is 0 Å². The molecule has 0 fully saturated rings. The molecule has 0 spiro atoms. The minimum absolute atomic E-state index is 0.281. The summed E-state index contributed by atoms with van der Waals surface area (Å²) in [5.74, 6) is 0.166. The summed E-state index contributed by atoms with van der Waals surface area (Å²) in [5.41, 5.74) is 3.30. The van der Waals surface area contributed by atoms with Gasteiger partial charge in [-0.05, 0) is 36.8 Å². The van der Waals surface area contributed by atoms with E-state index in [2.05, 4.69) is 0 Å². The first kappa shape index (κ1) is 16.8. The van der Waals surface area contributed by atoms with Gasteiger partial charge in [0.2, 0.25) is 0 Å². The van der Waals surface area contributed by atoms with Crippen molar-refractivity contribution < 1.29 is 13.9 Å². The van der Waals surface area contributed by atoms with Gasteiger partial charge < -0.3 is 9.15 Å². The van der Waals surface area contributed by atoms with E-state index in [1.807, 2.05) is 66.7 Å². The lowest BCUT2D eigenvalue weighted by Crippen LogP contribution is -2.13. The highest BCUT2D eigenvalue weighted by Gasteiger charge is 2.28. The zero-order valence-corrected chi connectivity index (χ0v) is 14.8. The SMILES string of the molecule is CCOC(=O)c1c(-c2ccccc2)c(-c2ccco2)nn1-c1ccccc1. The summed E-state index contributed by atoms with van der Waals surface area (Å²) in [5, 5.41) is 4.72. The maximum atomic E-state index is 12.9. The Hall–Kier alpha value is -3.60. The van der Waals surface area contributed by atoms with Gasteiger partial charge in [-0.25, -0.2) is 9.48 Å². The number of rotatable bonds is 5. The average molecular weight is 358 g/mol. The monoisotopic (exact) mass is 358 g/mol. The number of nitrogens with zero attached hydrogens (tertiary/aromatic N) is 2. The maximum Gasteiger partial charge on any atom is 0.357 e. The summed E-state index contributed by atoms with van der Waals surface area (Å²) in [6.07, 6.45) is 1.59. The highest BCUT2D eigenvalue weighted by Crippen LogP contribution is 2.36. The molecule has 0 bridgehead atoms. The number of hydrogen-bond acceptors (Lipinski definition) is 4. The normalized spacial score (nSPS) is 10.7. The van der Waals surface area contributed by atoms with Crippen LogP contribution in [-0.4, -0.2) is 22.4 Å². The molecule has 0 saturated carbocycles. The molecule has 0 unspecified atom stereocenters. The Balaban J connectivity index is 2.04. The smallest absolute Gasteiger partial charge is 0.357 e. The predicted molar refractivity (Wildman–Crippen MR) is 103 cm³/mol. The van der Waals surface area contributed by atoms with Crippen LogP contribution in [0.4, 0.5) is 0 Å². The van der Waals surface area contributed by atoms with Crippen LogP contribution in [0.15, 0.2) is 83.5 Å². The van der Waals surface area contributed by atoms with E-state index in [0.717, 1.165) is 11.3 Å². The molecule has 0 radical (unpaired) electrons. The third kappa shape index (κ3) is 3.15. The van der Waals surface area contributed by atoms with Gasteiger partial charge in [0.05, 0.1) is 18.6 Å². The second kappa shape index (κ2) is 7.33. The summed E-state index contributed by atoms with van der Waals surface area (Å²) >= 11 is 0. The van der Waals surface area contributed by atoms with Crippen LogP contribution in [0.5, 0.6) is 0 Å². The molecular weight excluding hydrogens is 340 g/mol. The van der Waals surface area contributed by atoms with E-state index < -0.39 is 5.97 Å². The molecule has 2 heterocycles. The molecule has 27 heavy (non-hydrogen) atoms. The fraction of sp³-hybridized carbons (Fsp3) is 0.0909. The van der Waals surface area contributed by atoms with Gasteiger partial charge in [0.15, 0.2) is 11.5 Å². The summed E-state index contributed by atoms with van der Waals surface area (Å²) in [6, 6.07) is 22.8. The molecule has 0 aliphatic heterocycles. The van der Waals surface area contributed by atoms with Crippen LogP contribution < -0.4 is 0 Å². The molecule has 4 aromatic rings. The number of ether oxygens (including phenoxy) is 1. The first-order chi connectivity index (χ1) is 13.3. The molecule has 0 N–H and O–H groups in total. The Bertz CT molecular complexity index is 1040. The van der Waals surface area contributed by atoms with Crippen LogP contribution >= 0.6 is 0 Å². The van der Waals surface area contributed by atoms with Gasteiger partial charge in [0.25, 0.3) is 0 Å². The average Bonchev–Trinajstić information content (AvgIpc) is 3.37. The number of esters is 1. The minimum Gasteiger partial charge on any atom is -0.463 e. The Morgan fingerprint density at radius 2 is 1.70 bits per heavy atom.